The number of ketones is 1. The molecule has 3 nitrogen and oxygen atoms in total. The molecule has 78 valence electrons. The zero-order valence-electron chi connectivity index (χ0n) is 8.86. The normalized spacial score (nSPS) is 10.9. The van der Waals surface area contributed by atoms with Crippen LogP contribution in [0.4, 0.5) is 0 Å². The van der Waals surface area contributed by atoms with Gasteiger partial charge in [0.1, 0.15) is 5.75 Å². The molecular weight excluding hydrogens is 190 g/mol. The van der Waals surface area contributed by atoms with Crippen molar-refractivity contribution in [1.29, 1.82) is 0 Å². The van der Waals surface area contributed by atoms with E-state index in [2.05, 4.69) is 11.7 Å². The largest absolute Gasteiger partial charge is 0.497 e. The zero-order chi connectivity index (χ0) is 11.3. The highest BCUT2D eigenvalue weighted by Crippen LogP contribution is 2.20. The first-order valence-electron chi connectivity index (χ1n) is 4.51. The molecule has 1 aromatic rings. The number of methoxy groups -OCH3 is 1. The van der Waals surface area contributed by atoms with Gasteiger partial charge in [-0.15, -0.1) is 0 Å². The van der Waals surface area contributed by atoms with Crippen molar-refractivity contribution in [3.63, 3.8) is 0 Å². The van der Waals surface area contributed by atoms with Gasteiger partial charge in [0, 0.05) is 11.6 Å². The summed E-state index contributed by atoms with van der Waals surface area (Å²) in [5.74, 6) is 0.672. The van der Waals surface area contributed by atoms with Gasteiger partial charge >= 0.3 is 0 Å². The molecule has 0 bridgehead atoms. The Morgan fingerprint density at radius 3 is 2.80 bits per heavy atom. The van der Waals surface area contributed by atoms with Crippen LogP contribution < -0.4 is 4.74 Å². The van der Waals surface area contributed by atoms with Gasteiger partial charge in [0.25, 0.3) is 0 Å². The lowest BCUT2D eigenvalue weighted by Gasteiger charge is -2.03. The highest BCUT2D eigenvalue weighted by Gasteiger charge is 2.01. The minimum absolute atomic E-state index is 0.0554. The Bertz CT molecular complexity index is 408. The number of hydrogen-bond donors (Lipinski definition) is 0. The molecule has 0 heterocycles. The summed E-state index contributed by atoms with van der Waals surface area (Å²) < 4.78 is 5.08. The summed E-state index contributed by atoms with van der Waals surface area (Å²) in [5, 5.41) is 0. The van der Waals surface area contributed by atoms with Crippen molar-refractivity contribution in [2.24, 2.45) is 4.99 Å². The molecule has 0 atom stereocenters. The van der Waals surface area contributed by atoms with E-state index in [0.29, 0.717) is 5.70 Å². The number of benzene rings is 1. The number of hydrogen-bond acceptors (Lipinski definition) is 3. The first-order chi connectivity index (χ1) is 7.17. The molecule has 0 aliphatic carbocycles. The summed E-state index contributed by atoms with van der Waals surface area (Å²) in [4.78, 5) is 14.8. The molecule has 0 amide bonds. The average Bonchev–Trinajstić information content (AvgIpc) is 2.25. The van der Waals surface area contributed by atoms with Crippen molar-refractivity contribution >= 4 is 18.2 Å². The SMILES string of the molecule is C=N/C(=C\C(C)=O)c1cccc(OC)c1. The number of nitrogens with zero attached hydrogens (tertiary/aromatic N) is 1. The van der Waals surface area contributed by atoms with Gasteiger partial charge in [0.2, 0.25) is 0 Å². The smallest absolute Gasteiger partial charge is 0.154 e. The van der Waals surface area contributed by atoms with E-state index >= 15 is 0 Å². The van der Waals surface area contributed by atoms with Crippen LogP contribution in [0.2, 0.25) is 0 Å². The molecule has 0 aromatic heterocycles. The van der Waals surface area contributed by atoms with Gasteiger partial charge in [-0.2, -0.15) is 0 Å². The molecule has 1 rings (SSSR count). The van der Waals surface area contributed by atoms with Gasteiger partial charge in [-0.25, -0.2) is 0 Å². The number of aliphatic imine (C=N–C) groups is 1. The van der Waals surface area contributed by atoms with E-state index in [1.807, 2.05) is 24.3 Å². The fourth-order valence-corrected chi connectivity index (χ4v) is 1.20. The molecule has 0 N–H and O–H groups in total. The summed E-state index contributed by atoms with van der Waals surface area (Å²) in [6.45, 7) is 4.91. The lowest BCUT2D eigenvalue weighted by molar-refractivity contribution is -0.112. The number of ether oxygens (including phenoxy) is 1. The predicted molar refractivity (Wildman–Crippen MR) is 61.2 cm³/mol. The summed E-state index contributed by atoms with van der Waals surface area (Å²) in [7, 11) is 1.59. The summed E-state index contributed by atoms with van der Waals surface area (Å²) >= 11 is 0. The maximum atomic E-state index is 10.9. The third-order valence-electron chi connectivity index (χ3n) is 1.88. The van der Waals surface area contributed by atoms with Gasteiger partial charge in [0.05, 0.1) is 12.8 Å². The minimum Gasteiger partial charge on any atom is -0.497 e. The first kappa shape index (κ1) is 11.2. The molecule has 0 saturated carbocycles. The average molecular weight is 203 g/mol. The van der Waals surface area contributed by atoms with E-state index in [1.54, 1.807) is 7.11 Å². The molecule has 1 aromatic carbocycles. The number of allylic oxidation sites excluding steroid dienone is 1. The quantitative estimate of drug-likeness (QED) is 0.556. The summed E-state index contributed by atoms with van der Waals surface area (Å²) in [6.07, 6.45) is 1.45. The second kappa shape index (κ2) is 5.10. The lowest BCUT2D eigenvalue weighted by atomic mass is 10.1. The second-order valence-electron chi connectivity index (χ2n) is 3.03. The predicted octanol–water partition coefficient (Wildman–Crippen LogP) is 2.33. The number of carbonyl (C=O) groups is 1. The van der Waals surface area contributed by atoms with Crippen LogP contribution in [0.1, 0.15) is 12.5 Å². The van der Waals surface area contributed by atoms with Crippen LogP contribution >= 0.6 is 0 Å². The Kier molecular flexibility index (Phi) is 3.80. The fraction of sp³-hybridized carbons (Fsp3) is 0.167. The maximum absolute atomic E-state index is 10.9. The number of rotatable bonds is 4. The Labute approximate surface area is 89.1 Å². The van der Waals surface area contributed by atoms with Crippen molar-refractivity contribution in [3.05, 3.63) is 35.9 Å². The molecular formula is C12H13NO2. The van der Waals surface area contributed by atoms with Crippen molar-refractivity contribution in [2.45, 2.75) is 6.92 Å². The molecule has 0 unspecified atom stereocenters. The van der Waals surface area contributed by atoms with Crippen LogP contribution in [0.25, 0.3) is 5.70 Å². The van der Waals surface area contributed by atoms with E-state index < -0.39 is 0 Å². The zero-order valence-corrected chi connectivity index (χ0v) is 8.86. The first-order valence-corrected chi connectivity index (χ1v) is 4.51. The summed E-state index contributed by atoms with van der Waals surface area (Å²) in [5.41, 5.74) is 1.38. The summed E-state index contributed by atoms with van der Waals surface area (Å²) in [6, 6.07) is 7.33. The van der Waals surface area contributed by atoms with Crippen LogP contribution in [0.5, 0.6) is 5.75 Å². The fourth-order valence-electron chi connectivity index (χ4n) is 1.20. The molecule has 0 fully saturated rings. The monoisotopic (exact) mass is 203 g/mol. The standard InChI is InChI=1S/C12H13NO2/c1-9(14)7-12(13-2)10-5-4-6-11(8-10)15-3/h4-8H,2H2,1,3H3/b12-7-. The van der Waals surface area contributed by atoms with E-state index in [4.69, 9.17) is 4.74 Å². The van der Waals surface area contributed by atoms with Gasteiger partial charge in [0.15, 0.2) is 5.78 Å². The van der Waals surface area contributed by atoms with Gasteiger partial charge in [-0.1, -0.05) is 12.1 Å². The van der Waals surface area contributed by atoms with Crippen LogP contribution in [-0.2, 0) is 4.79 Å². The van der Waals surface area contributed by atoms with Gasteiger partial charge in [-0.05, 0) is 25.8 Å². The second-order valence-corrected chi connectivity index (χ2v) is 3.03. The number of carbonyl (C=O) groups excluding carboxylic acids is 1. The van der Waals surface area contributed by atoms with Gasteiger partial charge in [-0.3, -0.25) is 9.79 Å². The van der Waals surface area contributed by atoms with Crippen LogP contribution in [0.15, 0.2) is 35.3 Å². The van der Waals surface area contributed by atoms with Crippen LogP contribution in [0.3, 0.4) is 0 Å². The van der Waals surface area contributed by atoms with E-state index in [1.165, 1.54) is 13.0 Å². The minimum atomic E-state index is -0.0554. The Morgan fingerprint density at radius 2 is 2.27 bits per heavy atom. The highest BCUT2D eigenvalue weighted by molar-refractivity contribution is 5.95. The Hall–Kier alpha value is -1.90. The molecule has 0 saturated heterocycles. The molecule has 0 radical (unpaired) electrons. The van der Waals surface area contributed by atoms with E-state index in [-0.39, 0.29) is 5.78 Å². The van der Waals surface area contributed by atoms with Crippen molar-refractivity contribution in [3.8, 4) is 5.75 Å². The van der Waals surface area contributed by atoms with Crippen LogP contribution in [-0.4, -0.2) is 19.6 Å². The lowest BCUT2D eigenvalue weighted by Crippen LogP contribution is -1.89. The highest BCUT2D eigenvalue weighted by atomic mass is 16.5. The molecule has 15 heavy (non-hydrogen) atoms. The van der Waals surface area contributed by atoms with Gasteiger partial charge < -0.3 is 4.74 Å². The Balaban J connectivity index is 3.12. The molecule has 0 aliphatic heterocycles. The molecule has 3 heteroatoms. The molecule has 0 aliphatic rings. The topological polar surface area (TPSA) is 38.7 Å². The van der Waals surface area contributed by atoms with E-state index in [9.17, 15) is 4.79 Å². The van der Waals surface area contributed by atoms with Crippen LogP contribution in [0, 0.1) is 0 Å². The maximum Gasteiger partial charge on any atom is 0.154 e. The molecule has 0 spiro atoms. The van der Waals surface area contributed by atoms with Crippen molar-refractivity contribution in [1.82, 2.24) is 0 Å². The van der Waals surface area contributed by atoms with Crippen molar-refractivity contribution in [2.75, 3.05) is 7.11 Å². The third kappa shape index (κ3) is 3.06. The third-order valence-corrected chi connectivity index (χ3v) is 1.88. The van der Waals surface area contributed by atoms with E-state index in [0.717, 1.165) is 11.3 Å². The van der Waals surface area contributed by atoms with Crippen molar-refractivity contribution < 1.29 is 9.53 Å². The Morgan fingerprint density at radius 1 is 1.53 bits per heavy atom.